The number of fused-ring (bicyclic) bond motifs is 3. The Morgan fingerprint density at radius 3 is 2.67 bits per heavy atom. The molecule has 0 saturated heterocycles. The minimum atomic E-state index is -0.200. The maximum absolute atomic E-state index is 14.0. The molecule has 0 saturated carbocycles. The maximum atomic E-state index is 14.0. The van der Waals surface area contributed by atoms with Gasteiger partial charge in [0, 0.05) is 4.88 Å². The second kappa shape index (κ2) is 9.52. The fraction of sp³-hybridized carbons (Fsp3) is 0.345. The lowest BCUT2D eigenvalue weighted by Gasteiger charge is -2.33. The van der Waals surface area contributed by atoms with Crippen LogP contribution in [0.3, 0.4) is 0 Å². The van der Waals surface area contributed by atoms with Gasteiger partial charge in [0.2, 0.25) is 0 Å². The third-order valence-electron chi connectivity index (χ3n) is 7.08. The minimum absolute atomic E-state index is 0.0330. The molecule has 0 fully saturated rings. The highest BCUT2D eigenvalue weighted by Gasteiger charge is 2.32. The number of aromatic nitrogens is 2. The van der Waals surface area contributed by atoms with Gasteiger partial charge in [-0.1, -0.05) is 62.4 Å². The van der Waals surface area contributed by atoms with E-state index in [0.29, 0.717) is 11.1 Å². The van der Waals surface area contributed by atoms with Crippen LogP contribution in [0.4, 0.5) is 0 Å². The van der Waals surface area contributed by atoms with Crippen molar-refractivity contribution in [3.63, 3.8) is 0 Å². The van der Waals surface area contributed by atoms with Gasteiger partial charge in [-0.25, -0.2) is 4.98 Å². The van der Waals surface area contributed by atoms with Crippen molar-refractivity contribution < 1.29 is 9.90 Å². The molecule has 0 radical (unpaired) electrons. The third kappa shape index (κ3) is 4.62. The van der Waals surface area contributed by atoms with Gasteiger partial charge in [0.05, 0.1) is 22.4 Å². The van der Waals surface area contributed by atoms with Gasteiger partial charge in [-0.15, -0.1) is 11.3 Å². The Bertz CT molecular complexity index is 1510. The first kappa shape index (κ1) is 24.8. The second-order valence-electron chi connectivity index (χ2n) is 10.6. The average molecular weight is 519 g/mol. The highest BCUT2D eigenvalue weighted by atomic mass is 32.2. The fourth-order valence-electron chi connectivity index (χ4n) is 4.93. The van der Waals surface area contributed by atoms with Crippen LogP contribution in [0.25, 0.3) is 15.9 Å². The molecule has 0 amide bonds. The van der Waals surface area contributed by atoms with E-state index in [9.17, 15) is 14.7 Å². The molecule has 2 heterocycles. The number of aromatic hydroxyl groups is 1. The summed E-state index contributed by atoms with van der Waals surface area (Å²) in [6, 6.07) is 14.5. The summed E-state index contributed by atoms with van der Waals surface area (Å²) in [5.41, 5.74) is 3.21. The monoisotopic (exact) mass is 518 g/mol. The average Bonchev–Trinajstić information content (AvgIpc) is 3.22. The molecule has 1 aliphatic carbocycles. The number of hydrogen-bond donors (Lipinski definition) is 1. The number of aryl methyl sites for hydroxylation is 2. The molecule has 5 nitrogen and oxygen atoms in total. The highest BCUT2D eigenvalue weighted by molar-refractivity contribution is 7.99. The molecular weight excluding hydrogens is 488 g/mol. The van der Waals surface area contributed by atoms with E-state index in [4.69, 9.17) is 4.98 Å². The first-order valence-corrected chi connectivity index (χ1v) is 14.0. The van der Waals surface area contributed by atoms with E-state index in [2.05, 4.69) is 20.8 Å². The zero-order valence-electron chi connectivity index (χ0n) is 21.0. The van der Waals surface area contributed by atoms with Gasteiger partial charge in [0.25, 0.3) is 5.56 Å². The summed E-state index contributed by atoms with van der Waals surface area (Å²) in [5.74, 6) is 0.407. The largest absolute Gasteiger partial charge is 0.507 e. The van der Waals surface area contributed by atoms with E-state index in [1.807, 2.05) is 37.3 Å². The van der Waals surface area contributed by atoms with Crippen LogP contribution in [0, 0.1) is 18.3 Å². The second-order valence-corrected chi connectivity index (χ2v) is 12.6. The first-order chi connectivity index (χ1) is 17.1. The Kier molecular flexibility index (Phi) is 6.55. The maximum Gasteiger partial charge on any atom is 0.267 e. The van der Waals surface area contributed by atoms with Crippen LogP contribution in [-0.4, -0.2) is 26.2 Å². The van der Waals surface area contributed by atoms with Crippen LogP contribution in [0.1, 0.15) is 53.6 Å². The lowest BCUT2D eigenvalue weighted by atomic mass is 9.72. The van der Waals surface area contributed by atoms with Gasteiger partial charge >= 0.3 is 0 Å². The molecule has 1 atom stereocenters. The van der Waals surface area contributed by atoms with Gasteiger partial charge in [-0.05, 0) is 67.3 Å². The van der Waals surface area contributed by atoms with E-state index >= 15 is 0 Å². The van der Waals surface area contributed by atoms with E-state index < -0.39 is 0 Å². The van der Waals surface area contributed by atoms with Gasteiger partial charge in [0.15, 0.2) is 10.9 Å². The Morgan fingerprint density at radius 2 is 1.94 bits per heavy atom. The number of hydrogen-bond acceptors (Lipinski definition) is 6. The number of phenols is 1. The predicted molar refractivity (Wildman–Crippen MR) is 148 cm³/mol. The molecule has 0 spiro atoms. The summed E-state index contributed by atoms with van der Waals surface area (Å²) in [6.07, 6.45) is 2.93. The van der Waals surface area contributed by atoms with Crippen LogP contribution >= 0.6 is 23.1 Å². The third-order valence-corrected chi connectivity index (χ3v) is 9.16. The number of phenolic OH excluding ortho intramolecular Hbond substituents is 1. The highest BCUT2D eigenvalue weighted by Crippen LogP contribution is 2.42. The van der Waals surface area contributed by atoms with Crippen LogP contribution in [0.15, 0.2) is 58.5 Å². The number of Topliss-reactive ketones (excluding diaryl/α,β-unsaturated/α-hetero) is 1. The zero-order chi connectivity index (χ0) is 25.6. The predicted octanol–water partition coefficient (Wildman–Crippen LogP) is 6.59. The van der Waals surface area contributed by atoms with Crippen LogP contribution in [0.5, 0.6) is 5.75 Å². The van der Waals surface area contributed by atoms with Crippen molar-refractivity contribution in [3.05, 3.63) is 80.5 Å². The van der Waals surface area contributed by atoms with Gasteiger partial charge in [-0.2, -0.15) is 0 Å². The SMILES string of the molecule is Cc1ccc(O)c(C(=O)CSc2nc3sc4c(c3c(=O)n2-c2ccccc2)CCC(C(C)(C)C)C4)c1. The number of carbonyl (C=O) groups excluding carboxylic acids is 1. The summed E-state index contributed by atoms with van der Waals surface area (Å²) in [5, 5.41) is 11.4. The van der Waals surface area contributed by atoms with Crippen LogP contribution in [0.2, 0.25) is 0 Å². The molecular formula is C29H30N2O3S2. The van der Waals surface area contributed by atoms with Crippen LogP contribution in [-0.2, 0) is 12.8 Å². The Balaban J connectivity index is 1.58. The topological polar surface area (TPSA) is 72.2 Å². The van der Waals surface area contributed by atoms with Crippen molar-refractivity contribution in [2.75, 3.05) is 5.75 Å². The Morgan fingerprint density at radius 1 is 1.19 bits per heavy atom. The van der Waals surface area contributed by atoms with Crippen molar-refractivity contribution in [2.24, 2.45) is 11.3 Å². The first-order valence-electron chi connectivity index (χ1n) is 12.2. The molecule has 5 rings (SSSR count). The van der Waals surface area contributed by atoms with Crippen LogP contribution < -0.4 is 5.56 Å². The van der Waals surface area contributed by atoms with Crippen molar-refractivity contribution in [3.8, 4) is 11.4 Å². The number of nitrogens with zero attached hydrogens (tertiary/aromatic N) is 2. The van der Waals surface area contributed by atoms with E-state index in [1.54, 1.807) is 34.1 Å². The van der Waals surface area contributed by atoms with Gasteiger partial charge in [-0.3, -0.25) is 14.2 Å². The zero-order valence-corrected chi connectivity index (χ0v) is 22.6. The molecule has 0 bridgehead atoms. The molecule has 7 heteroatoms. The van der Waals surface area contributed by atoms with E-state index in [0.717, 1.165) is 46.3 Å². The number of thiophene rings is 1. The summed E-state index contributed by atoms with van der Waals surface area (Å²) in [6.45, 7) is 8.74. The lowest BCUT2D eigenvalue weighted by molar-refractivity contribution is 0.102. The quantitative estimate of drug-likeness (QED) is 0.183. The Hall–Kier alpha value is -2.90. The molecule has 186 valence electrons. The van der Waals surface area contributed by atoms with E-state index in [1.165, 1.54) is 16.6 Å². The summed E-state index contributed by atoms with van der Waals surface area (Å²) < 4.78 is 1.64. The van der Waals surface area contributed by atoms with Gasteiger partial charge < -0.3 is 5.11 Å². The molecule has 2 aromatic carbocycles. The Labute approximate surface area is 219 Å². The summed E-state index contributed by atoms with van der Waals surface area (Å²) in [4.78, 5) is 33.9. The van der Waals surface area contributed by atoms with Crippen molar-refractivity contribution >= 4 is 39.1 Å². The standard InChI is InChI=1S/C29H30N2O3S2/c1-17-10-13-22(32)21(14-17)23(33)16-35-28-30-26-25(27(34)31(28)19-8-6-5-7-9-19)20-12-11-18(29(2,3)4)15-24(20)36-26/h5-10,13-14,18,32H,11-12,15-16H2,1-4H3. The summed E-state index contributed by atoms with van der Waals surface area (Å²) >= 11 is 2.86. The number of benzene rings is 2. The normalized spacial score (nSPS) is 15.7. The summed E-state index contributed by atoms with van der Waals surface area (Å²) in [7, 11) is 0. The number of rotatable bonds is 5. The van der Waals surface area contributed by atoms with E-state index in [-0.39, 0.29) is 33.8 Å². The number of para-hydroxylation sites is 1. The molecule has 0 aliphatic heterocycles. The smallest absolute Gasteiger partial charge is 0.267 e. The molecule has 2 aromatic heterocycles. The van der Waals surface area contributed by atoms with Crippen molar-refractivity contribution in [1.82, 2.24) is 9.55 Å². The molecule has 1 unspecified atom stereocenters. The number of thioether (sulfide) groups is 1. The van der Waals surface area contributed by atoms with Crippen molar-refractivity contribution in [2.45, 2.75) is 52.1 Å². The molecule has 1 N–H and O–H groups in total. The lowest BCUT2D eigenvalue weighted by Crippen LogP contribution is -2.27. The minimum Gasteiger partial charge on any atom is -0.507 e. The number of ketones is 1. The molecule has 36 heavy (non-hydrogen) atoms. The molecule has 4 aromatic rings. The molecule has 1 aliphatic rings. The van der Waals surface area contributed by atoms with Crippen molar-refractivity contribution in [1.29, 1.82) is 0 Å². The van der Waals surface area contributed by atoms with Gasteiger partial charge in [0.1, 0.15) is 10.6 Å². The number of carbonyl (C=O) groups is 1. The fourth-order valence-corrected chi connectivity index (χ4v) is 7.16.